The molecule has 1 rings (SSSR count). The van der Waals surface area contributed by atoms with Crippen LogP contribution in [0.25, 0.3) is 0 Å². The van der Waals surface area contributed by atoms with Crippen molar-refractivity contribution in [1.82, 2.24) is 5.43 Å². The van der Waals surface area contributed by atoms with E-state index in [0.29, 0.717) is 6.42 Å². The molecule has 0 aliphatic heterocycles. The van der Waals surface area contributed by atoms with Crippen LogP contribution in [0.15, 0.2) is 29.4 Å². The lowest BCUT2D eigenvalue weighted by Gasteiger charge is -2.04. The van der Waals surface area contributed by atoms with Gasteiger partial charge in [0.15, 0.2) is 0 Å². The number of nitrogens with zero attached hydrogens (tertiary/aromatic N) is 1. The third-order valence-corrected chi connectivity index (χ3v) is 3.02. The van der Waals surface area contributed by atoms with Crippen LogP contribution in [0, 0.1) is 0 Å². The van der Waals surface area contributed by atoms with Crippen LogP contribution in [0.3, 0.4) is 0 Å². The van der Waals surface area contributed by atoms with Gasteiger partial charge in [-0.15, -0.1) is 0 Å². The molecule has 3 nitrogen and oxygen atoms in total. The minimum Gasteiger partial charge on any atom is -0.273 e. The highest BCUT2D eigenvalue weighted by Crippen LogP contribution is 2.07. The Morgan fingerprint density at radius 1 is 1.16 bits per heavy atom. The van der Waals surface area contributed by atoms with Gasteiger partial charge >= 0.3 is 0 Å². The number of rotatable bonds is 7. The molecule has 0 atom stereocenters. The second-order valence-corrected chi connectivity index (χ2v) is 4.78. The first-order valence-electron chi connectivity index (χ1n) is 7.09. The van der Waals surface area contributed by atoms with Gasteiger partial charge < -0.3 is 0 Å². The molecular formula is C16H24N2O. The average Bonchev–Trinajstić information content (AvgIpc) is 2.43. The average molecular weight is 260 g/mol. The summed E-state index contributed by atoms with van der Waals surface area (Å²) in [6, 6.07) is 8.36. The number of hydrogen-bond acceptors (Lipinski definition) is 2. The van der Waals surface area contributed by atoms with E-state index in [1.165, 1.54) is 5.56 Å². The Balaban J connectivity index is 2.56. The number of carbonyl (C=O) groups is 1. The third kappa shape index (κ3) is 5.69. The van der Waals surface area contributed by atoms with Gasteiger partial charge in [-0.1, -0.05) is 51.0 Å². The molecule has 1 aromatic carbocycles. The Hall–Kier alpha value is -1.64. The summed E-state index contributed by atoms with van der Waals surface area (Å²) >= 11 is 0. The van der Waals surface area contributed by atoms with Crippen molar-refractivity contribution >= 4 is 11.6 Å². The SMILES string of the molecule is CCCCC(=O)NN=C(C)c1ccc(CCC)cc1. The van der Waals surface area contributed by atoms with Gasteiger partial charge in [-0.2, -0.15) is 5.10 Å². The molecule has 0 bridgehead atoms. The number of unbranched alkanes of at least 4 members (excludes halogenated alkanes) is 1. The fraction of sp³-hybridized carbons (Fsp3) is 0.500. The fourth-order valence-corrected chi connectivity index (χ4v) is 1.81. The zero-order chi connectivity index (χ0) is 14.1. The van der Waals surface area contributed by atoms with Crippen LogP contribution in [0.1, 0.15) is 57.6 Å². The molecule has 0 heterocycles. The van der Waals surface area contributed by atoms with Gasteiger partial charge in [0.2, 0.25) is 5.91 Å². The molecule has 1 amide bonds. The fourth-order valence-electron chi connectivity index (χ4n) is 1.81. The van der Waals surface area contributed by atoms with Crippen LogP contribution in [0.5, 0.6) is 0 Å². The van der Waals surface area contributed by atoms with E-state index >= 15 is 0 Å². The maximum atomic E-state index is 11.5. The van der Waals surface area contributed by atoms with Crippen LogP contribution in [-0.2, 0) is 11.2 Å². The minimum atomic E-state index is -0.0104. The summed E-state index contributed by atoms with van der Waals surface area (Å²) < 4.78 is 0. The lowest BCUT2D eigenvalue weighted by molar-refractivity contribution is -0.121. The molecule has 0 fully saturated rings. The van der Waals surface area contributed by atoms with Crippen LogP contribution in [0.4, 0.5) is 0 Å². The van der Waals surface area contributed by atoms with Gasteiger partial charge in [-0.25, -0.2) is 5.43 Å². The molecule has 0 aliphatic carbocycles. The Kier molecular flexibility index (Phi) is 6.86. The number of benzene rings is 1. The van der Waals surface area contributed by atoms with Crippen LogP contribution < -0.4 is 5.43 Å². The van der Waals surface area contributed by atoms with E-state index in [-0.39, 0.29) is 5.91 Å². The lowest BCUT2D eigenvalue weighted by atomic mass is 10.1. The van der Waals surface area contributed by atoms with E-state index in [2.05, 4.69) is 48.6 Å². The normalized spacial score (nSPS) is 11.4. The van der Waals surface area contributed by atoms with Crippen molar-refractivity contribution < 1.29 is 4.79 Å². The Morgan fingerprint density at radius 3 is 2.42 bits per heavy atom. The summed E-state index contributed by atoms with van der Waals surface area (Å²) in [5.74, 6) is -0.0104. The lowest BCUT2D eigenvalue weighted by Crippen LogP contribution is -2.18. The largest absolute Gasteiger partial charge is 0.273 e. The van der Waals surface area contributed by atoms with Crippen molar-refractivity contribution in [1.29, 1.82) is 0 Å². The van der Waals surface area contributed by atoms with Gasteiger partial charge in [-0.3, -0.25) is 4.79 Å². The second-order valence-electron chi connectivity index (χ2n) is 4.78. The van der Waals surface area contributed by atoms with Crippen molar-refractivity contribution in [2.75, 3.05) is 0 Å². The first-order valence-corrected chi connectivity index (χ1v) is 7.09. The van der Waals surface area contributed by atoms with Crippen molar-refractivity contribution in [3.05, 3.63) is 35.4 Å². The minimum absolute atomic E-state index is 0.0104. The summed E-state index contributed by atoms with van der Waals surface area (Å²) in [5.41, 5.74) is 5.84. The van der Waals surface area contributed by atoms with Gasteiger partial charge in [0.25, 0.3) is 0 Å². The predicted molar refractivity (Wildman–Crippen MR) is 80.3 cm³/mol. The maximum Gasteiger partial charge on any atom is 0.240 e. The Bertz CT molecular complexity index is 421. The molecule has 0 saturated heterocycles. The summed E-state index contributed by atoms with van der Waals surface area (Å²) in [6.45, 7) is 6.15. The molecule has 19 heavy (non-hydrogen) atoms. The molecule has 0 spiro atoms. The standard InChI is InChI=1S/C16H24N2O/c1-4-6-8-16(19)18-17-13(3)15-11-9-14(7-5-2)10-12-15/h9-12H,4-8H2,1-3H3,(H,18,19). The molecule has 104 valence electrons. The number of hydrazone groups is 1. The number of aryl methyl sites for hydroxylation is 1. The molecule has 0 radical (unpaired) electrons. The van der Waals surface area contributed by atoms with Crippen molar-refractivity contribution in [2.45, 2.75) is 52.9 Å². The van der Waals surface area contributed by atoms with E-state index < -0.39 is 0 Å². The number of carbonyl (C=O) groups excluding carboxylic acids is 1. The smallest absolute Gasteiger partial charge is 0.240 e. The van der Waals surface area contributed by atoms with Gasteiger partial charge in [0.1, 0.15) is 0 Å². The second kappa shape index (κ2) is 8.46. The van der Waals surface area contributed by atoms with Crippen molar-refractivity contribution in [2.24, 2.45) is 5.10 Å². The zero-order valence-corrected chi connectivity index (χ0v) is 12.2. The molecular weight excluding hydrogens is 236 g/mol. The third-order valence-electron chi connectivity index (χ3n) is 3.02. The predicted octanol–water partition coefficient (Wildman–Crippen LogP) is 3.67. The topological polar surface area (TPSA) is 41.5 Å². The molecule has 0 aliphatic rings. The first kappa shape index (κ1) is 15.4. The molecule has 1 aromatic rings. The van der Waals surface area contributed by atoms with Crippen LogP contribution >= 0.6 is 0 Å². The van der Waals surface area contributed by atoms with Crippen molar-refractivity contribution in [3.63, 3.8) is 0 Å². The highest BCUT2D eigenvalue weighted by molar-refractivity contribution is 5.99. The highest BCUT2D eigenvalue weighted by atomic mass is 16.2. The van der Waals surface area contributed by atoms with Crippen molar-refractivity contribution in [3.8, 4) is 0 Å². The Morgan fingerprint density at radius 2 is 1.84 bits per heavy atom. The summed E-state index contributed by atoms with van der Waals surface area (Å²) in [4.78, 5) is 11.5. The van der Waals surface area contributed by atoms with Crippen LogP contribution in [0.2, 0.25) is 0 Å². The van der Waals surface area contributed by atoms with E-state index in [9.17, 15) is 4.79 Å². The zero-order valence-electron chi connectivity index (χ0n) is 12.2. The van der Waals surface area contributed by atoms with Gasteiger partial charge in [0, 0.05) is 6.42 Å². The number of nitrogens with one attached hydrogen (secondary N) is 1. The molecule has 0 unspecified atom stereocenters. The summed E-state index contributed by atoms with van der Waals surface area (Å²) in [5, 5.41) is 4.14. The summed E-state index contributed by atoms with van der Waals surface area (Å²) in [7, 11) is 0. The highest BCUT2D eigenvalue weighted by Gasteiger charge is 2.01. The van der Waals surface area contributed by atoms with Gasteiger partial charge in [-0.05, 0) is 30.9 Å². The van der Waals surface area contributed by atoms with Gasteiger partial charge in [0.05, 0.1) is 5.71 Å². The Labute approximate surface area is 116 Å². The molecule has 1 N–H and O–H groups in total. The van der Waals surface area contributed by atoms with E-state index in [0.717, 1.165) is 37.0 Å². The number of amides is 1. The van der Waals surface area contributed by atoms with E-state index in [4.69, 9.17) is 0 Å². The monoisotopic (exact) mass is 260 g/mol. The number of hydrogen-bond donors (Lipinski definition) is 1. The first-order chi connectivity index (χ1) is 9.17. The molecule has 3 heteroatoms. The van der Waals surface area contributed by atoms with Crippen LogP contribution in [-0.4, -0.2) is 11.6 Å². The molecule has 0 aromatic heterocycles. The quantitative estimate of drug-likeness (QED) is 0.590. The van der Waals surface area contributed by atoms with E-state index in [1.807, 2.05) is 6.92 Å². The summed E-state index contributed by atoms with van der Waals surface area (Å²) in [6.07, 6.45) is 4.73. The van der Waals surface area contributed by atoms with E-state index in [1.54, 1.807) is 0 Å². The molecule has 0 saturated carbocycles. The maximum absolute atomic E-state index is 11.5.